The van der Waals surface area contributed by atoms with Crippen LogP contribution in [0.5, 0.6) is 34.5 Å². The number of hydrogen-bond acceptors (Lipinski definition) is 14. The van der Waals surface area contributed by atoms with Crippen molar-refractivity contribution in [1.82, 2.24) is 20.5 Å². The number of carboxylic acids is 1. The highest BCUT2D eigenvalue weighted by atomic mass is 35.5. The van der Waals surface area contributed by atoms with E-state index >= 15 is 0 Å². The van der Waals surface area contributed by atoms with Crippen LogP contribution in [0.4, 0.5) is 15.3 Å². The monoisotopic (exact) mass is 907 g/mol. The number of rotatable bonds is 18. The zero-order valence-electron chi connectivity index (χ0n) is 34.6. The van der Waals surface area contributed by atoms with Crippen molar-refractivity contribution in [3.05, 3.63) is 107 Å². The van der Waals surface area contributed by atoms with Crippen LogP contribution in [0.15, 0.2) is 91.1 Å². The molecule has 63 heavy (non-hydrogen) atoms. The van der Waals surface area contributed by atoms with Gasteiger partial charge in [-0.1, -0.05) is 35.9 Å². The molecule has 0 saturated carbocycles. The fourth-order valence-electron chi connectivity index (χ4n) is 5.51. The summed E-state index contributed by atoms with van der Waals surface area (Å²) in [5.74, 6) is -2.19. The lowest BCUT2D eigenvalue weighted by Crippen LogP contribution is -2.43. The van der Waals surface area contributed by atoms with E-state index in [4.69, 9.17) is 44.5 Å². The third-order valence-corrected chi connectivity index (χ3v) is 10.7. The fraction of sp³-hybridized carbons (Fsp3) is 0.238. The average molecular weight is 908 g/mol. The zero-order chi connectivity index (χ0) is 45.8. The van der Waals surface area contributed by atoms with Gasteiger partial charge in [-0.25, -0.2) is 24.3 Å². The van der Waals surface area contributed by atoms with E-state index in [0.29, 0.717) is 16.7 Å². The Morgan fingerprint density at radius 1 is 0.778 bits per heavy atom. The van der Waals surface area contributed by atoms with Crippen LogP contribution in [0.2, 0.25) is 5.02 Å². The number of halogens is 1. The number of carbonyl (C=O) groups is 5. The van der Waals surface area contributed by atoms with Crippen LogP contribution in [0, 0.1) is 0 Å². The second-order valence-electron chi connectivity index (χ2n) is 13.6. The number of fused-ring (bicyclic) bond motifs is 1. The fourth-order valence-corrected chi connectivity index (χ4v) is 7.56. The van der Waals surface area contributed by atoms with Crippen molar-refractivity contribution in [1.29, 1.82) is 0 Å². The summed E-state index contributed by atoms with van der Waals surface area (Å²) in [6.45, 7) is 5.40. The Labute approximate surface area is 365 Å². The Hall–Kier alpha value is -6.92. The molecule has 5 rings (SSSR count). The number of pyridine rings is 1. The van der Waals surface area contributed by atoms with Crippen molar-refractivity contribution >= 4 is 65.9 Å². The normalized spacial score (nSPS) is 12.8. The molecule has 3 atom stereocenters. The van der Waals surface area contributed by atoms with E-state index in [1.165, 1.54) is 76.7 Å². The Balaban J connectivity index is 1.28. The van der Waals surface area contributed by atoms with Crippen molar-refractivity contribution in [2.24, 2.45) is 0 Å². The third kappa shape index (κ3) is 13.0. The molecule has 0 fully saturated rings. The first-order valence-electron chi connectivity index (χ1n) is 18.9. The van der Waals surface area contributed by atoms with Crippen LogP contribution in [-0.4, -0.2) is 72.5 Å². The summed E-state index contributed by atoms with van der Waals surface area (Å²) in [6, 6.07) is 19.1. The summed E-state index contributed by atoms with van der Waals surface area (Å²) in [4.78, 5) is 67.4. The van der Waals surface area contributed by atoms with Gasteiger partial charge in [0, 0.05) is 23.7 Å². The number of hydrogen-bond donors (Lipinski definition) is 5. The number of carbonyl (C=O) groups excluding carboxylic acids is 4. The number of nitrogens with one attached hydrogen (secondary N) is 4. The summed E-state index contributed by atoms with van der Waals surface area (Å²) in [6.07, 6.45) is -0.910. The maximum Gasteiger partial charge on any atom is 0.417 e. The molecular formula is C42H43ClN5O14P. The van der Waals surface area contributed by atoms with Gasteiger partial charge in [0.15, 0.2) is 11.5 Å². The van der Waals surface area contributed by atoms with E-state index in [-0.39, 0.29) is 50.6 Å². The molecule has 4 aromatic carbocycles. The predicted octanol–water partition coefficient (Wildman–Crippen LogP) is 7.85. The second kappa shape index (κ2) is 21.2. The van der Waals surface area contributed by atoms with E-state index < -0.39 is 62.5 Å². The van der Waals surface area contributed by atoms with Gasteiger partial charge in [0.25, 0.3) is 5.91 Å². The van der Waals surface area contributed by atoms with Crippen LogP contribution in [-0.2, 0) is 30.2 Å². The molecule has 0 saturated heterocycles. The number of ether oxygens (including phenoxy) is 6. The van der Waals surface area contributed by atoms with E-state index in [2.05, 4.69) is 25.8 Å². The number of methoxy groups -OCH3 is 2. The molecule has 1 unspecified atom stereocenters. The van der Waals surface area contributed by atoms with E-state index in [1.807, 2.05) is 0 Å². The van der Waals surface area contributed by atoms with Crippen molar-refractivity contribution in [2.75, 3.05) is 19.5 Å². The second-order valence-corrected chi connectivity index (χ2v) is 15.8. The van der Waals surface area contributed by atoms with Crippen molar-refractivity contribution < 1.29 is 66.6 Å². The quantitative estimate of drug-likeness (QED) is 0.0415. The van der Waals surface area contributed by atoms with Crippen LogP contribution in [0.1, 0.15) is 43.6 Å². The number of aromatic nitrogens is 1. The molecule has 1 heterocycles. The molecule has 332 valence electrons. The SMILES string of the molecule is COc1ccc(COC(=O)NC(=O)c2cc3c(Oc4ccc(NC(=O)Oc5ccccc5)c(Cl)c4)ccnc3cc2OC)cc1OP(=O)(N[C@@H](C)C(=O)O)N[C@@H](C)C(=O)OC(C)C. The number of amides is 3. The van der Waals surface area contributed by atoms with E-state index in [0.717, 1.165) is 0 Å². The Morgan fingerprint density at radius 2 is 1.49 bits per heavy atom. The maximum absolute atomic E-state index is 14.0. The molecule has 0 aliphatic carbocycles. The van der Waals surface area contributed by atoms with E-state index in [9.17, 15) is 33.6 Å². The van der Waals surface area contributed by atoms with Crippen molar-refractivity contribution in [3.8, 4) is 34.5 Å². The molecule has 0 aliphatic heterocycles. The highest BCUT2D eigenvalue weighted by molar-refractivity contribution is 7.55. The molecule has 21 heteroatoms. The number of para-hydroxylation sites is 1. The third-order valence-electron chi connectivity index (χ3n) is 8.47. The minimum atomic E-state index is -4.40. The summed E-state index contributed by atoms with van der Waals surface area (Å²) in [5.41, 5.74) is 0.834. The molecule has 0 radical (unpaired) electrons. The molecule has 0 aliphatic rings. The molecule has 5 aromatic rings. The molecular weight excluding hydrogens is 865 g/mol. The van der Waals surface area contributed by atoms with E-state index in [1.54, 1.807) is 56.3 Å². The van der Waals surface area contributed by atoms with Gasteiger partial charge in [-0.2, -0.15) is 0 Å². The van der Waals surface area contributed by atoms with Crippen molar-refractivity contribution in [2.45, 2.75) is 52.5 Å². The minimum absolute atomic E-state index is 0.0575. The molecule has 0 bridgehead atoms. The zero-order valence-corrected chi connectivity index (χ0v) is 36.3. The van der Waals surface area contributed by atoms with Gasteiger partial charge in [0.1, 0.15) is 41.7 Å². The first-order valence-corrected chi connectivity index (χ1v) is 20.9. The van der Waals surface area contributed by atoms with Gasteiger partial charge in [0.05, 0.1) is 42.1 Å². The summed E-state index contributed by atoms with van der Waals surface area (Å²) < 4.78 is 52.4. The number of carboxylic acid groups (broad SMARTS) is 1. The number of esters is 1. The number of imide groups is 1. The van der Waals surface area contributed by atoms with Crippen LogP contribution >= 0.6 is 19.3 Å². The van der Waals surface area contributed by atoms with Crippen LogP contribution < -0.4 is 44.3 Å². The van der Waals surface area contributed by atoms with Crippen LogP contribution in [0.25, 0.3) is 10.9 Å². The molecule has 19 nitrogen and oxygen atoms in total. The smallest absolute Gasteiger partial charge is 0.417 e. The van der Waals surface area contributed by atoms with Gasteiger partial charge >= 0.3 is 31.8 Å². The first-order chi connectivity index (χ1) is 30.0. The van der Waals surface area contributed by atoms with Gasteiger partial charge in [-0.15, -0.1) is 0 Å². The molecule has 3 amide bonds. The van der Waals surface area contributed by atoms with Gasteiger partial charge in [0.2, 0.25) is 0 Å². The van der Waals surface area contributed by atoms with Gasteiger partial charge < -0.3 is 38.1 Å². The standard InChI is InChI=1S/C42H43ClN5O14P/c1-23(2)59-40(52)25(4)48-63(55,47-24(3)39(50)51)62-37-18-26(12-15-35(37)56-5)22-58-41(53)46-38(49)30-20-29-33(21-36(30)57-6)44-17-16-34(29)60-28-13-14-32(31(43)19-28)45-42(54)61-27-10-8-7-9-11-27/h7-21,23-25H,22H2,1-6H3,(H,45,54)(H,50,51)(H,46,49,53)(H2,47,48,55)/t24-,25-,63?/m0/s1. The highest BCUT2D eigenvalue weighted by Gasteiger charge is 2.35. The summed E-state index contributed by atoms with van der Waals surface area (Å²) in [7, 11) is -1.77. The van der Waals surface area contributed by atoms with Gasteiger partial charge in [-0.3, -0.25) is 30.0 Å². The minimum Gasteiger partial charge on any atom is -0.496 e. The van der Waals surface area contributed by atoms with Gasteiger partial charge in [-0.05, 0) is 81.8 Å². The summed E-state index contributed by atoms with van der Waals surface area (Å²) >= 11 is 6.46. The predicted molar refractivity (Wildman–Crippen MR) is 229 cm³/mol. The number of alkyl carbamates (subject to hydrolysis) is 1. The Kier molecular flexibility index (Phi) is 15.9. The molecule has 1 aromatic heterocycles. The Bertz CT molecular complexity index is 2540. The maximum atomic E-state index is 14.0. The summed E-state index contributed by atoms with van der Waals surface area (Å²) in [5, 5.41) is 19.6. The number of anilines is 1. The van der Waals surface area contributed by atoms with Crippen LogP contribution in [0.3, 0.4) is 0 Å². The highest BCUT2D eigenvalue weighted by Crippen LogP contribution is 2.44. The number of aliphatic carboxylic acids is 1. The largest absolute Gasteiger partial charge is 0.496 e. The first kappa shape index (κ1) is 47.1. The number of nitrogens with zero attached hydrogens (tertiary/aromatic N) is 1. The number of benzene rings is 4. The lowest BCUT2D eigenvalue weighted by Gasteiger charge is -2.26. The average Bonchev–Trinajstić information content (AvgIpc) is 3.23. The molecule has 0 spiro atoms. The molecule has 5 N–H and O–H groups in total. The lowest BCUT2D eigenvalue weighted by molar-refractivity contribution is -0.149. The topological polar surface area (TPSA) is 248 Å². The van der Waals surface area contributed by atoms with Crippen molar-refractivity contribution in [3.63, 3.8) is 0 Å². The Morgan fingerprint density at radius 3 is 2.16 bits per heavy atom. The lowest BCUT2D eigenvalue weighted by atomic mass is 10.1.